The summed E-state index contributed by atoms with van der Waals surface area (Å²) in [6.45, 7) is 6.70. The lowest BCUT2D eigenvalue weighted by Crippen LogP contribution is -2.46. The minimum Gasteiger partial charge on any atom is -0.456 e. The summed E-state index contributed by atoms with van der Waals surface area (Å²) in [5, 5.41) is 14.8. The average molecular weight is 481 g/mol. The molecule has 2 aromatic carbocycles. The lowest BCUT2D eigenvalue weighted by Gasteiger charge is -2.36. The highest BCUT2D eigenvalue weighted by Crippen LogP contribution is 2.35. The molecule has 3 aromatic rings. The van der Waals surface area contributed by atoms with Crippen LogP contribution in [0.15, 0.2) is 65.1 Å². The molecule has 0 atom stereocenters. The molecule has 1 saturated heterocycles. The Labute approximate surface area is 202 Å². The van der Waals surface area contributed by atoms with Crippen molar-refractivity contribution in [3.05, 3.63) is 81.6 Å². The highest BCUT2D eigenvalue weighted by Gasteiger charge is 2.21. The Balaban J connectivity index is 1.47. The van der Waals surface area contributed by atoms with E-state index in [1.165, 1.54) is 18.2 Å². The van der Waals surface area contributed by atoms with Gasteiger partial charge in [0.2, 0.25) is 5.91 Å². The molecule has 0 spiro atoms. The number of nitro benzene ring substituents is 1. The topological polar surface area (TPSA) is 91.9 Å². The first-order valence-electron chi connectivity index (χ1n) is 11.0. The molecule has 34 heavy (non-hydrogen) atoms. The predicted molar refractivity (Wildman–Crippen MR) is 134 cm³/mol. The maximum Gasteiger partial charge on any atom is 0.280 e. The Morgan fingerprint density at radius 1 is 1.12 bits per heavy atom. The number of hydrogen-bond acceptors (Lipinski definition) is 6. The molecule has 2 heterocycles. The number of amides is 1. The van der Waals surface area contributed by atoms with Crippen molar-refractivity contribution in [2.24, 2.45) is 0 Å². The van der Waals surface area contributed by atoms with E-state index >= 15 is 0 Å². The van der Waals surface area contributed by atoms with Crippen LogP contribution in [0.2, 0.25) is 5.02 Å². The van der Waals surface area contributed by atoms with Crippen molar-refractivity contribution in [2.75, 3.05) is 42.9 Å². The van der Waals surface area contributed by atoms with E-state index in [9.17, 15) is 14.9 Å². The minimum absolute atomic E-state index is 0.0432. The van der Waals surface area contributed by atoms with Gasteiger partial charge >= 0.3 is 0 Å². The molecule has 1 aromatic heterocycles. The number of nitrogens with zero attached hydrogens (tertiary/aromatic N) is 3. The van der Waals surface area contributed by atoms with Crippen LogP contribution in [0.5, 0.6) is 0 Å². The second kappa shape index (κ2) is 10.5. The van der Waals surface area contributed by atoms with E-state index in [0.717, 1.165) is 38.4 Å². The molecule has 176 valence electrons. The largest absolute Gasteiger partial charge is 0.456 e. The first kappa shape index (κ1) is 23.5. The van der Waals surface area contributed by atoms with Crippen LogP contribution >= 0.6 is 11.6 Å². The summed E-state index contributed by atoms with van der Waals surface area (Å²) < 4.78 is 5.71. The van der Waals surface area contributed by atoms with Crippen LogP contribution in [0.1, 0.15) is 12.7 Å². The van der Waals surface area contributed by atoms with Crippen molar-refractivity contribution >= 4 is 40.6 Å². The van der Waals surface area contributed by atoms with Gasteiger partial charge in [0.1, 0.15) is 11.5 Å². The zero-order chi connectivity index (χ0) is 24.1. The second-order valence-electron chi connectivity index (χ2n) is 7.86. The Kier molecular flexibility index (Phi) is 7.30. The van der Waals surface area contributed by atoms with Gasteiger partial charge in [0.15, 0.2) is 0 Å². The molecule has 0 aliphatic carbocycles. The Morgan fingerprint density at radius 2 is 1.88 bits per heavy atom. The van der Waals surface area contributed by atoms with Crippen molar-refractivity contribution in [2.45, 2.75) is 6.92 Å². The molecule has 0 radical (unpaired) electrons. The molecule has 0 unspecified atom stereocenters. The molecule has 9 heteroatoms. The van der Waals surface area contributed by atoms with Gasteiger partial charge in [0.25, 0.3) is 5.69 Å². The highest BCUT2D eigenvalue weighted by atomic mass is 35.5. The molecular weight excluding hydrogens is 456 g/mol. The maximum absolute atomic E-state index is 12.7. The summed E-state index contributed by atoms with van der Waals surface area (Å²) in [7, 11) is 0. The molecule has 1 aliphatic rings. The van der Waals surface area contributed by atoms with Crippen LogP contribution < -0.4 is 10.2 Å². The fourth-order valence-corrected chi connectivity index (χ4v) is 4.28. The number of piperazine rings is 1. The molecule has 0 saturated carbocycles. The lowest BCUT2D eigenvalue weighted by molar-refractivity contribution is -0.384. The van der Waals surface area contributed by atoms with Crippen LogP contribution in [-0.2, 0) is 4.79 Å². The summed E-state index contributed by atoms with van der Waals surface area (Å²) >= 11 is 6.50. The molecule has 1 fully saturated rings. The van der Waals surface area contributed by atoms with Crippen molar-refractivity contribution in [1.82, 2.24) is 4.90 Å². The van der Waals surface area contributed by atoms with E-state index in [0.29, 0.717) is 27.8 Å². The van der Waals surface area contributed by atoms with Crippen molar-refractivity contribution < 1.29 is 14.1 Å². The number of carbonyl (C=O) groups excluding carboxylic acids is 1. The number of para-hydroxylation sites is 2. The highest BCUT2D eigenvalue weighted by molar-refractivity contribution is 6.34. The summed E-state index contributed by atoms with van der Waals surface area (Å²) in [6, 6.07) is 15.1. The van der Waals surface area contributed by atoms with Gasteiger partial charge in [-0.15, -0.1) is 0 Å². The van der Waals surface area contributed by atoms with Gasteiger partial charge in [-0.3, -0.25) is 14.9 Å². The van der Waals surface area contributed by atoms with E-state index in [1.54, 1.807) is 36.4 Å². The predicted octanol–water partition coefficient (Wildman–Crippen LogP) is 5.30. The van der Waals surface area contributed by atoms with Crippen LogP contribution in [0.25, 0.3) is 17.4 Å². The van der Waals surface area contributed by atoms with Gasteiger partial charge < -0.3 is 19.5 Å². The SMILES string of the molecule is CCN1CCN(c2c(Cl)cccc2NC(=O)C=Cc2ccc(-c3ccccc3[N+](=O)[O-])o2)CC1. The standard InChI is InChI=1S/C25H25ClN4O4/c1-2-28-14-16-29(17-15-28)25-20(26)7-5-8-21(25)27-24(31)13-11-18-10-12-23(34-18)19-6-3-4-9-22(19)30(32)33/h3-13H,2,14-17H2,1H3,(H,27,31). The number of anilines is 2. The quantitative estimate of drug-likeness (QED) is 0.280. The van der Waals surface area contributed by atoms with Gasteiger partial charge in [-0.25, -0.2) is 0 Å². The van der Waals surface area contributed by atoms with E-state index in [4.69, 9.17) is 16.0 Å². The van der Waals surface area contributed by atoms with Crippen LogP contribution in [0.4, 0.5) is 17.1 Å². The van der Waals surface area contributed by atoms with Crippen molar-refractivity contribution in [3.63, 3.8) is 0 Å². The van der Waals surface area contributed by atoms with E-state index in [1.807, 2.05) is 12.1 Å². The van der Waals surface area contributed by atoms with Gasteiger partial charge in [0.05, 0.1) is 26.9 Å². The first-order chi connectivity index (χ1) is 16.5. The fourth-order valence-electron chi connectivity index (χ4n) is 3.99. The van der Waals surface area contributed by atoms with Crippen molar-refractivity contribution in [3.8, 4) is 11.3 Å². The summed E-state index contributed by atoms with van der Waals surface area (Å²) in [5.74, 6) is 0.431. The molecule has 8 nitrogen and oxygen atoms in total. The van der Waals surface area contributed by atoms with E-state index in [-0.39, 0.29) is 11.6 Å². The third-order valence-electron chi connectivity index (χ3n) is 5.77. The molecule has 0 bridgehead atoms. The Hall–Kier alpha value is -3.62. The second-order valence-corrected chi connectivity index (χ2v) is 8.26. The smallest absolute Gasteiger partial charge is 0.280 e. The molecule has 1 aliphatic heterocycles. The Bertz CT molecular complexity index is 1220. The molecule has 1 amide bonds. The minimum atomic E-state index is -0.453. The van der Waals surface area contributed by atoms with Crippen LogP contribution in [0.3, 0.4) is 0 Å². The van der Waals surface area contributed by atoms with Crippen LogP contribution in [-0.4, -0.2) is 48.5 Å². The van der Waals surface area contributed by atoms with Crippen molar-refractivity contribution in [1.29, 1.82) is 0 Å². The molecule has 1 N–H and O–H groups in total. The fraction of sp³-hybridized carbons (Fsp3) is 0.240. The van der Waals surface area contributed by atoms with Gasteiger partial charge in [0, 0.05) is 38.3 Å². The number of benzene rings is 2. The summed E-state index contributed by atoms with van der Waals surface area (Å²) in [6.07, 6.45) is 2.89. The van der Waals surface area contributed by atoms with E-state index < -0.39 is 4.92 Å². The molecule has 4 rings (SSSR count). The van der Waals surface area contributed by atoms with Gasteiger partial charge in [-0.05, 0) is 43.0 Å². The third kappa shape index (κ3) is 5.30. The average Bonchev–Trinajstić information content (AvgIpc) is 3.32. The number of nitro groups is 1. The van der Waals surface area contributed by atoms with E-state index in [2.05, 4.69) is 22.0 Å². The normalized spacial score (nSPS) is 14.5. The maximum atomic E-state index is 12.7. The first-order valence-corrected chi connectivity index (χ1v) is 11.4. The summed E-state index contributed by atoms with van der Waals surface area (Å²) in [5.41, 5.74) is 1.80. The number of halogens is 1. The third-order valence-corrected chi connectivity index (χ3v) is 6.08. The zero-order valence-corrected chi connectivity index (χ0v) is 19.5. The number of furan rings is 1. The monoisotopic (exact) mass is 480 g/mol. The number of likely N-dealkylation sites (N-methyl/N-ethyl adjacent to an activating group) is 1. The number of carbonyl (C=O) groups is 1. The van der Waals surface area contributed by atoms with Gasteiger partial charge in [-0.1, -0.05) is 36.7 Å². The number of nitrogens with one attached hydrogen (secondary N) is 1. The lowest BCUT2D eigenvalue weighted by atomic mass is 10.1. The number of hydrogen-bond donors (Lipinski definition) is 1. The molecular formula is C25H25ClN4O4. The van der Waals surface area contributed by atoms with Gasteiger partial charge in [-0.2, -0.15) is 0 Å². The number of rotatable bonds is 7. The van der Waals surface area contributed by atoms with Crippen LogP contribution in [0, 0.1) is 10.1 Å². The zero-order valence-electron chi connectivity index (χ0n) is 18.7. The summed E-state index contributed by atoms with van der Waals surface area (Å²) in [4.78, 5) is 28.0. The Morgan fingerprint density at radius 3 is 2.62 bits per heavy atom.